The molecule has 3 rings (SSSR count). The van der Waals surface area contributed by atoms with E-state index in [-0.39, 0.29) is 17.2 Å². The van der Waals surface area contributed by atoms with Gasteiger partial charge in [-0.25, -0.2) is 14.8 Å². The van der Waals surface area contributed by atoms with Gasteiger partial charge in [0.25, 0.3) is 5.91 Å². The molecule has 2 heterocycles. The lowest BCUT2D eigenvalue weighted by Crippen LogP contribution is -2.17. The summed E-state index contributed by atoms with van der Waals surface area (Å²) in [7, 11) is 1.28. The van der Waals surface area contributed by atoms with E-state index in [2.05, 4.69) is 20.6 Å². The SMILES string of the molecule is COC(=O)c1ccccc1NC(=O)c1ccnc(NCc2ccco2)n1. The number of amides is 1. The number of ether oxygens (including phenoxy) is 1. The molecule has 8 heteroatoms. The van der Waals surface area contributed by atoms with Crippen LogP contribution in [0.4, 0.5) is 11.6 Å². The number of para-hydroxylation sites is 1. The van der Waals surface area contributed by atoms with E-state index >= 15 is 0 Å². The molecule has 0 aliphatic rings. The first kappa shape index (κ1) is 17.2. The Balaban J connectivity index is 1.72. The van der Waals surface area contributed by atoms with E-state index < -0.39 is 11.9 Å². The molecule has 0 unspecified atom stereocenters. The van der Waals surface area contributed by atoms with Gasteiger partial charge in [0.05, 0.1) is 31.2 Å². The second-order valence-electron chi connectivity index (χ2n) is 5.19. The lowest BCUT2D eigenvalue weighted by Gasteiger charge is -2.10. The van der Waals surface area contributed by atoms with Gasteiger partial charge in [-0.05, 0) is 30.3 Å². The molecule has 2 aromatic heterocycles. The number of aromatic nitrogens is 2. The number of hydrogen-bond donors (Lipinski definition) is 2. The van der Waals surface area contributed by atoms with Crippen LogP contribution in [0.25, 0.3) is 0 Å². The summed E-state index contributed by atoms with van der Waals surface area (Å²) in [5, 5.41) is 5.64. The van der Waals surface area contributed by atoms with Crippen molar-refractivity contribution in [1.82, 2.24) is 9.97 Å². The second-order valence-corrected chi connectivity index (χ2v) is 5.19. The van der Waals surface area contributed by atoms with Crippen molar-refractivity contribution in [3.8, 4) is 0 Å². The molecule has 0 radical (unpaired) electrons. The van der Waals surface area contributed by atoms with Crippen LogP contribution in [0.15, 0.2) is 59.3 Å². The lowest BCUT2D eigenvalue weighted by molar-refractivity contribution is 0.0602. The van der Waals surface area contributed by atoms with Crippen LogP contribution in [0.1, 0.15) is 26.6 Å². The molecule has 0 saturated carbocycles. The van der Waals surface area contributed by atoms with Crippen molar-refractivity contribution in [1.29, 1.82) is 0 Å². The summed E-state index contributed by atoms with van der Waals surface area (Å²) in [6.45, 7) is 0.392. The number of rotatable bonds is 6. The third-order valence-corrected chi connectivity index (χ3v) is 3.47. The van der Waals surface area contributed by atoms with Gasteiger partial charge in [0.15, 0.2) is 0 Å². The highest BCUT2D eigenvalue weighted by Crippen LogP contribution is 2.17. The Morgan fingerprint density at radius 2 is 2.00 bits per heavy atom. The van der Waals surface area contributed by atoms with Crippen LogP contribution in [0.2, 0.25) is 0 Å². The van der Waals surface area contributed by atoms with E-state index in [4.69, 9.17) is 9.15 Å². The quantitative estimate of drug-likeness (QED) is 0.657. The average molecular weight is 352 g/mol. The summed E-state index contributed by atoms with van der Waals surface area (Å²) in [5.41, 5.74) is 0.753. The molecular formula is C18H16N4O4. The van der Waals surface area contributed by atoms with Crippen LogP contribution in [-0.2, 0) is 11.3 Å². The fraction of sp³-hybridized carbons (Fsp3) is 0.111. The number of methoxy groups -OCH3 is 1. The van der Waals surface area contributed by atoms with Crippen LogP contribution in [0.5, 0.6) is 0 Å². The van der Waals surface area contributed by atoms with Crippen molar-refractivity contribution in [2.45, 2.75) is 6.54 Å². The number of furan rings is 1. The third-order valence-electron chi connectivity index (χ3n) is 3.47. The second kappa shape index (κ2) is 7.93. The van der Waals surface area contributed by atoms with Crippen LogP contribution in [-0.4, -0.2) is 29.0 Å². The Hall–Kier alpha value is -3.68. The molecule has 0 spiro atoms. The molecule has 0 atom stereocenters. The molecule has 0 saturated heterocycles. The summed E-state index contributed by atoms with van der Waals surface area (Å²) < 4.78 is 9.93. The van der Waals surface area contributed by atoms with Gasteiger partial charge in [-0.2, -0.15) is 0 Å². The van der Waals surface area contributed by atoms with Gasteiger partial charge in [0, 0.05) is 6.20 Å². The first-order chi connectivity index (χ1) is 12.7. The summed E-state index contributed by atoms with van der Waals surface area (Å²) in [6.07, 6.45) is 3.04. The van der Waals surface area contributed by atoms with Crippen molar-refractivity contribution in [2.24, 2.45) is 0 Å². The predicted molar refractivity (Wildman–Crippen MR) is 93.8 cm³/mol. The fourth-order valence-electron chi connectivity index (χ4n) is 2.22. The zero-order chi connectivity index (χ0) is 18.4. The molecule has 0 aliphatic carbocycles. The van der Waals surface area contributed by atoms with E-state index in [0.717, 1.165) is 5.76 Å². The number of esters is 1. The van der Waals surface area contributed by atoms with Gasteiger partial charge in [0.2, 0.25) is 5.95 Å². The van der Waals surface area contributed by atoms with E-state index in [9.17, 15) is 9.59 Å². The molecular weight excluding hydrogens is 336 g/mol. The minimum absolute atomic E-state index is 0.154. The zero-order valence-electron chi connectivity index (χ0n) is 13.9. The van der Waals surface area contributed by atoms with Gasteiger partial charge in [-0.1, -0.05) is 12.1 Å². The molecule has 8 nitrogen and oxygen atoms in total. The molecule has 132 valence electrons. The Bertz CT molecular complexity index is 909. The summed E-state index contributed by atoms with van der Waals surface area (Å²) in [4.78, 5) is 32.5. The van der Waals surface area contributed by atoms with Crippen molar-refractivity contribution in [2.75, 3.05) is 17.7 Å². The monoisotopic (exact) mass is 352 g/mol. The maximum Gasteiger partial charge on any atom is 0.339 e. The van der Waals surface area contributed by atoms with Crippen molar-refractivity contribution in [3.05, 3.63) is 71.9 Å². The Morgan fingerprint density at radius 1 is 1.15 bits per heavy atom. The number of nitrogens with one attached hydrogen (secondary N) is 2. The molecule has 1 amide bonds. The van der Waals surface area contributed by atoms with Gasteiger partial charge < -0.3 is 19.8 Å². The lowest BCUT2D eigenvalue weighted by atomic mass is 10.1. The van der Waals surface area contributed by atoms with Gasteiger partial charge in [-0.3, -0.25) is 4.79 Å². The van der Waals surface area contributed by atoms with Gasteiger partial charge in [-0.15, -0.1) is 0 Å². The molecule has 26 heavy (non-hydrogen) atoms. The first-order valence-corrected chi connectivity index (χ1v) is 7.75. The molecule has 0 aliphatic heterocycles. The van der Waals surface area contributed by atoms with Gasteiger partial charge >= 0.3 is 5.97 Å². The van der Waals surface area contributed by atoms with E-state index in [0.29, 0.717) is 12.2 Å². The standard InChI is InChI=1S/C18H16N4O4/c1-25-17(24)13-6-2-3-7-14(13)21-16(23)15-8-9-19-18(22-15)20-11-12-5-4-10-26-12/h2-10H,11H2,1H3,(H,21,23)(H,19,20,22). The number of nitrogens with zero attached hydrogens (tertiary/aromatic N) is 2. The highest BCUT2D eigenvalue weighted by atomic mass is 16.5. The van der Waals surface area contributed by atoms with E-state index in [1.54, 1.807) is 36.6 Å². The number of carbonyl (C=O) groups is 2. The van der Waals surface area contributed by atoms with Crippen LogP contribution in [0.3, 0.4) is 0 Å². The summed E-state index contributed by atoms with van der Waals surface area (Å²) in [5.74, 6) is -0.0000410. The Kier molecular flexibility index (Phi) is 5.23. The summed E-state index contributed by atoms with van der Waals surface area (Å²) >= 11 is 0. The molecule has 2 N–H and O–H groups in total. The average Bonchev–Trinajstić information content (AvgIpc) is 3.20. The fourth-order valence-corrected chi connectivity index (χ4v) is 2.22. The Morgan fingerprint density at radius 3 is 2.77 bits per heavy atom. The van der Waals surface area contributed by atoms with E-state index in [1.165, 1.54) is 19.4 Å². The minimum Gasteiger partial charge on any atom is -0.467 e. The molecule has 3 aromatic rings. The third kappa shape index (κ3) is 4.04. The van der Waals surface area contributed by atoms with Crippen LogP contribution in [0, 0.1) is 0 Å². The minimum atomic E-state index is -0.538. The zero-order valence-corrected chi connectivity index (χ0v) is 13.9. The smallest absolute Gasteiger partial charge is 0.339 e. The van der Waals surface area contributed by atoms with Crippen molar-refractivity contribution in [3.63, 3.8) is 0 Å². The van der Waals surface area contributed by atoms with Crippen LogP contribution < -0.4 is 10.6 Å². The number of carbonyl (C=O) groups excluding carboxylic acids is 2. The first-order valence-electron chi connectivity index (χ1n) is 7.75. The maximum atomic E-state index is 12.5. The van der Waals surface area contributed by atoms with Crippen LogP contribution >= 0.6 is 0 Å². The van der Waals surface area contributed by atoms with Crippen molar-refractivity contribution < 1.29 is 18.7 Å². The summed E-state index contributed by atoms with van der Waals surface area (Å²) in [6, 6.07) is 11.6. The Labute approximate surface area is 149 Å². The number of benzene rings is 1. The topological polar surface area (TPSA) is 106 Å². The number of hydrogen-bond acceptors (Lipinski definition) is 7. The maximum absolute atomic E-state index is 12.5. The predicted octanol–water partition coefficient (Wildman–Crippen LogP) is 2.72. The number of anilines is 2. The normalized spacial score (nSPS) is 10.2. The highest BCUT2D eigenvalue weighted by molar-refractivity contribution is 6.07. The molecule has 0 bridgehead atoms. The largest absolute Gasteiger partial charge is 0.467 e. The molecule has 0 fully saturated rings. The van der Waals surface area contributed by atoms with Crippen molar-refractivity contribution >= 4 is 23.5 Å². The van der Waals surface area contributed by atoms with Gasteiger partial charge in [0.1, 0.15) is 11.5 Å². The highest BCUT2D eigenvalue weighted by Gasteiger charge is 2.15. The molecule has 1 aromatic carbocycles. The van der Waals surface area contributed by atoms with E-state index in [1.807, 2.05) is 6.07 Å².